The van der Waals surface area contributed by atoms with Gasteiger partial charge in [0, 0.05) is 47.6 Å². The Morgan fingerprint density at radius 3 is 2.25 bits per heavy atom. The Labute approximate surface area is 149 Å². The van der Waals surface area contributed by atoms with E-state index in [1.165, 1.54) is 0 Å². The van der Waals surface area contributed by atoms with Crippen LogP contribution in [0.3, 0.4) is 0 Å². The number of halogens is 2. The predicted molar refractivity (Wildman–Crippen MR) is 80.7 cm³/mol. The van der Waals surface area contributed by atoms with E-state index in [4.69, 9.17) is 23.2 Å². The Kier molecular flexibility index (Phi) is 6.86. The summed E-state index contributed by atoms with van der Waals surface area (Å²) in [5, 5.41) is 14.7. The fourth-order valence-corrected chi connectivity index (χ4v) is 2.20. The normalized spacial score (nSPS) is 9.70. The summed E-state index contributed by atoms with van der Waals surface area (Å²) in [6.45, 7) is 0. The number of carboxylic acids is 1. The first kappa shape index (κ1) is 17.3. The summed E-state index contributed by atoms with van der Waals surface area (Å²) < 4.78 is 0. The quantitative estimate of drug-likeness (QED) is 0.882. The Bertz CT molecular complexity index is 600. The Morgan fingerprint density at radius 1 is 1.05 bits per heavy atom. The molecule has 1 radical (unpaired) electrons. The molecule has 0 aromatic heterocycles. The summed E-state index contributed by atoms with van der Waals surface area (Å²) in [6, 6.07) is 12.2. The molecule has 0 aliphatic carbocycles. The predicted octanol–water partition coefficient (Wildman–Crippen LogP) is 2.65. The third-order valence-corrected chi connectivity index (χ3v) is 3.20. The van der Waals surface area contributed by atoms with E-state index in [-0.39, 0.29) is 36.0 Å². The molecule has 0 amide bonds. The molecule has 0 aliphatic heterocycles. The molecule has 2 aromatic rings. The first-order valence-electron chi connectivity index (χ1n) is 5.56. The molecule has 0 bridgehead atoms. The molecule has 0 atom stereocenters. The van der Waals surface area contributed by atoms with Crippen molar-refractivity contribution in [1.29, 1.82) is 0 Å². The maximum atomic E-state index is 10.7. The minimum atomic E-state index is -1.14. The van der Waals surface area contributed by atoms with Crippen molar-refractivity contribution in [3.63, 3.8) is 0 Å². The van der Waals surface area contributed by atoms with E-state index < -0.39 is 5.97 Å². The van der Waals surface area contributed by atoms with E-state index in [9.17, 15) is 9.90 Å². The zero-order valence-electron chi connectivity index (χ0n) is 10.8. The van der Waals surface area contributed by atoms with Crippen molar-refractivity contribution in [1.82, 2.24) is 0 Å². The Hall–Kier alpha value is -0.710. The average Bonchev–Trinajstić information content (AvgIpc) is 2.35. The second-order valence-electron chi connectivity index (χ2n) is 3.93. The molecule has 99 valence electrons. The summed E-state index contributed by atoms with van der Waals surface area (Å²) in [7, 11) is 0. The van der Waals surface area contributed by atoms with Gasteiger partial charge in [0.15, 0.2) is 0 Å². The van der Waals surface area contributed by atoms with Gasteiger partial charge in [0.2, 0.25) is 0 Å². The number of para-hydroxylation sites is 2. The maximum absolute atomic E-state index is 10.7. The summed E-state index contributed by atoms with van der Waals surface area (Å²) in [5.74, 6) is -1.14. The van der Waals surface area contributed by atoms with Crippen molar-refractivity contribution in [2.45, 2.75) is 6.42 Å². The summed E-state index contributed by atoms with van der Waals surface area (Å²) in [5.41, 5.74) is 1.80. The van der Waals surface area contributed by atoms with Crippen LogP contribution in [0.25, 0.3) is 0 Å². The monoisotopic (exact) mass is 317 g/mol. The summed E-state index contributed by atoms with van der Waals surface area (Å²) in [4.78, 5) is 10.7. The van der Waals surface area contributed by atoms with Crippen LogP contribution in [0.2, 0.25) is 10.0 Å². The number of carbonyl (C=O) groups is 1. The second-order valence-corrected chi connectivity index (χ2v) is 4.74. The van der Waals surface area contributed by atoms with Gasteiger partial charge in [0.1, 0.15) is 0 Å². The first-order chi connectivity index (χ1) is 9.08. The molecule has 20 heavy (non-hydrogen) atoms. The number of carbonyl (C=O) groups excluding carboxylic acids is 1. The van der Waals surface area contributed by atoms with Crippen LogP contribution in [-0.4, -0.2) is 35.5 Å². The number of carboxylic acid groups (broad SMARTS) is 1. The largest absolute Gasteiger partial charge is 0.550 e. The molecule has 0 unspecified atom stereocenters. The van der Waals surface area contributed by atoms with E-state index in [0.29, 0.717) is 27.0 Å². The van der Waals surface area contributed by atoms with Crippen molar-refractivity contribution in [2.75, 3.05) is 5.32 Å². The van der Waals surface area contributed by atoms with Crippen molar-refractivity contribution in [2.24, 2.45) is 0 Å². The van der Waals surface area contributed by atoms with Crippen LogP contribution in [0, 0.1) is 0 Å². The van der Waals surface area contributed by atoms with Gasteiger partial charge in [-0.25, -0.2) is 0 Å². The van der Waals surface area contributed by atoms with Gasteiger partial charge in [-0.2, -0.15) is 0 Å². The number of aliphatic carboxylic acids is 1. The van der Waals surface area contributed by atoms with Crippen LogP contribution in [0.5, 0.6) is 0 Å². The molecule has 0 fully saturated rings. The van der Waals surface area contributed by atoms with Gasteiger partial charge in [-0.05, 0) is 23.8 Å². The fraction of sp³-hybridized carbons (Fsp3) is 0.0714. The molecule has 2 rings (SSSR count). The third-order valence-electron chi connectivity index (χ3n) is 2.57. The minimum absolute atomic E-state index is 0. The van der Waals surface area contributed by atoms with Crippen molar-refractivity contribution < 1.29 is 9.90 Å². The standard InChI is InChI=1S/C14H11Cl2NO2.Na/c15-10-5-3-6-11(16)14(10)17-12-7-2-1-4-9(12)8-13(18)19;/h1-7,17H,8H2,(H,18,19);/p-1. The first-order valence-corrected chi connectivity index (χ1v) is 6.32. The molecule has 1 N–H and O–H groups in total. The number of hydrogen-bond donors (Lipinski definition) is 1. The molecule has 0 spiro atoms. The van der Waals surface area contributed by atoms with Gasteiger partial charge in [-0.1, -0.05) is 47.5 Å². The zero-order valence-corrected chi connectivity index (χ0v) is 14.3. The maximum Gasteiger partial charge on any atom is 0.0762 e. The smallest absolute Gasteiger partial charge is 0.0762 e. The molecule has 0 saturated carbocycles. The van der Waals surface area contributed by atoms with Crippen LogP contribution in [0.4, 0.5) is 11.4 Å². The SMILES string of the molecule is O=C([O-])Cc1ccccc1Nc1c(Cl)cccc1Cl.[Na]. The molecule has 0 aliphatic rings. The molecular formula is C14H10Cl2NNaO2-. The number of hydrogen-bond acceptors (Lipinski definition) is 3. The van der Waals surface area contributed by atoms with Crippen LogP contribution in [-0.2, 0) is 11.2 Å². The minimum Gasteiger partial charge on any atom is -0.550 e. The van der Waals surface area contributed by atoms with Gasteiger partial charge < -0.3 is 15.2 Å². The number of benzene rings is 2. The van der Waals surface area contributed by atoms with E-state index in [1.54, 1.807) is 42.5 Å². The van der Waals surface area contributed by atoms with Crippen LogP contribution >= 0.6 is 23.2 Å². The van der Waals surface area contributed by atoms with Gasteiger partial charge in [0.05, 0.1) is 15.7 Å². The van der Waals surface area contributed by atoms with Crippen molar-refractivity contribution in [3.05, 3.63) is 58.1 Å². The van der Waals surface area contributed by atoms with Crippen LogP contribution in [0.1, 0.15) is 5.56 Å². The summed E-state index contributed by atoms with van der Waals surface area (Å²) in [6.07, 6.45) is -0.175. The third kappa shape index (κ3) is 4.40. The van der Waals surface area contributed by atoms with E-state index in [2.05, 4.69) is 5.32 Å². The van der Waals surface area contributed by atoms with Crippen LogP contribution < -0.4 is 10.4 Å². The molecule has 3 nitrogen and oxygen atoms in total. The van der Waals surface area contributed by atoms with Crippen molar-refractivity contribution >= 4 is 70.1 Å². The number of nitrogens with one attached hydrogen (secondary N) is 1. The molecular weight excluding hydrogens is 308 g/mol. The molecule has 6 heteroatoms. The van der Waals surface area contributed by atoms with E-state index in [1.807, 2.05) is 0 Å². The Balaban J connectivity index is 0.00000200. The second kappa shape index (κ2) is 7.91. The van der Waals surface area contributed by atoms with Gasteiger partial charge in [0.25, 0.3) is 0 Å². The average molecular weight is 318 g/mol. The topological polar surface area (TPSA) is 52.2 Å². The summed E-state index contributed by atoms with van der Waals surface area (Å²) >= 11 is 12.1. The van der Waals surface area contributed by atoms with Gasteiger partial charge >= 0.3 is 0 Å². The zero-order chi connectivity index (χ0) is 13.8. The molecule has 0 heterocycles. The Morgan fingerprint density at radius 2 is 1.65 bits per heavy atom. The molecule has 0 saturated heterocycles. The van der Waals surface area contributed by atoms with Crippen molar-refractivity contribution in [3.8, 4) is 0 Å². The van der Waals surface area contributed by atoms with E-state index in [0.717, 1.165) is 0 Å². The van der Waals surface area contributed by atoms with Gasteiger partial charge in [-0.15, -0.1) is 0 Å². The fourth-order valence-electron chi connectivity index (χ4n) is 1.70. The van der Waals surface area contributed by atoms with Gasteiger partial charge in [-0.3, -0.25) is 0 Å². The molecule has 2 aromatic carbocycles. The number of rotatable bonds is 4. The van der Waals surface area contributed by atoms with Crippen LogP contribution in [0.15, 0.2) is 42.5 Å². The van der Waals surface area contributed by atoms with E-state index >= 15 is 0 Å². The number of anilines is 2.